The number of nitrogens with one attached hydrogen (secondary N) is 1. The van der Waals surface area contributed by atoms with Gasteiger partial charge in [0.1, 0.15) is 11.9 Å². The third-order valence-electron chi connectivity index (χ3n) is 2.71. The number of hydrogen-bond donors (Lipinski definition) is 1. The van der Waals surface area contributed by atoms with Gasteiger partial charge in [-0.15, -0.1) is 12.4 Å². The lowest BCUT2D eigenvalue weighted by Gasteiger charge is -1.95. The number of aromatic amines is 1. The first-order chi connectivity index (χ1) is 8.38. The van der Waals surface area contributed by atoms with Crippen molar-refractivity contribution >= 4 is 23.4 Å². The number of H-pyrrole nitrogens is 1. The quantitative estimate of drug-likeness (QED) is 0.769. The standard InChI is InChI=1S/C13H9N3O.ClH/c14-7-9-2-1-3-11-10(8-17-13(9)11)6-12-15-4-5-16-12;/h1-5,8H,6H2,(H,15,16);1H. The zero-order valence-electron chi connectivity index (χ0n) is 9.38. The zero-order chi connectivity index (χ0) is 11.7. The molecule has 0 amide bonds. The summed E-state index contributed by atoms with van der Waals surface area (Å²) in [5.74, 6) is 0.884. The van der Waals surface area contributed by atoms with E-state index in [0.717, 1.165) is 16.8 Å². The van der Waals surface area contributed by atoms with Crippen molar-refractivity contribution in [2.45, 2.75) is 6.42 Å². The van der Waals surface area contributed by atoms with Crippen LogP contribution >= 0.6 is 12.4 Å². The molecule has 4 nitrogen and oxygen atoms in total. The number of rotatable bonds is 2. The summed E-state index contributed by atoms with van der Waals surface area (Å²) in [6.45, 7) is 0. The van der Waals surface area contributed by atoms with Crippen molar-refractivity contribution in [1.29, 1.82) is 5.26 Å². The van der Waals surface area contributed by atoms with Gasteiger partial charge in [0, 0.05) is 29.8 Å². The van der Waals surface area contributed by atoms with Gasteiger partial charge < -0.3 is 9.40 Å². The van der Waals surface area contributed by atoms with Crippen LogP contribution in [0.4, 0.5) is 0 Å². The summed E-state index contributed by atoms with van der Waals surface area (Å²) in [5, 5.41) is 9.95. The Morgan fingerprint density at radius 2 is 2.28 bits per heavy atom. The van der Waals surface area contributed by atoms with Crippen molar-refractivity contribution in [2.75, 3.05) is 0 Å². The van der Waals surface area contributed by atoms with E-state index in [4.69, 9.17) is 9.68 Å². The van der Waals surface area contributed by atoms with Crippen LogP contribution < -0.4 is 0 Å². The molecule has 2 aromatic heterocycles. The Hall–Kier alpha value is -2.25. The van der Waals surface area contributed by atoms with E-state index in [-0.39, 0.29) is 12.4 Å². The number of halogens is 1. The van der Waals surface area contributed by atoms with Crippen LogP contribution in [-0.2, 0) is 6.42 Å². The van der Waals surface area contributed by atoms with E-state index in [1.807, 2.05) is 12.1 Å². The van der Waals surface area contributed by atoms with Crippen LogP contribution in [-0.4, -0.2) is 9.97 Å². The third-order valence-corrected chi connectivity index (χ3v) is 2.71. The van der Waals surface area contributed by atoms with Gasteiger partial charge in [0.05, 0.1) is 11.8 Å². The molecule has 0 unspecified atom stereocenters. The number of nitrogens with zero attached hydrogens (tertiary/aromatic N) is 2. The molecule has 1 aromatic carbocycles. The van der Waals surface area contributed by atoms with E-state index in [1.165, 1.54) is 0 Å². The minimum Gasteiger partial charge on any atom is -0.463 e. The smallest absolute Gasteiger partial charge is 0.151 e. The number of imidazole rings is 1. The first-order valence-electron chi connectivity index (χ1n) is 5.26. The predicted octanol–water partition coefficient (Wildman–Crippen LogP) is 3.04. The van der Waals surface area contributed by atoms with Crippen LogP contribution in [0.25, 0.3) is 11.0 Å². The minimum atomic E-state index is 0. The molecule has 0 aliphatic heterocycles. The molecule has 3 aromatic rings. The molecule has 0 saturated heterocycles. The Bertz CT molecular complexity index is 695. The van der Waals surface area contributed by atoms with Gasteiger partial charge in [0.15, 0.2) is 5.58 Å². The number of aromatic nitrogens is 2. The molecular weight excluding hydrogens is 250 g/mol. The van der Waals surface area contributed by atoms with E-state index in [9.17, 15) is 0 Å². The topological polar surface area (TPSA) is 65.6 Å². The highest BCUT2D eigenvalue weighted by atomic mass is 35.5. The molecule has 0 bridgehead atoms. The third kappa shape index (κ3) is 1.96. The van der Waals surface area contributed by atoms with E-state index in [1.54, 1.807) is 24.7 Å². The van der Waals surface area contributed by atoms with Gasteiger partial charge in [-0.25, -0.2) is 4.98 Å². The molecule has 2 heterocycles. The monoisotopic (exact) mass is 259 g/mol. The Morgan fingerprint density at radius 1 is 1.39 bits per heavy atom. The second-order valence-corrected chi connectivity index (χ2v) is 3.77. The maximum Gasteiger partial charge on any atom is 0.151 e. The van der Waals surface area contributed by atoms with Gasteiger partial charge in [-0.3, -0.25) is 0 Å². The Labute approximate surface area is 110 Å². The van der Waals surface area contributed by atoms with Gasteiger partial charge in [0.2, 0.25) is 0 Å². The number of nitriles is 1. The van der Waals surface area contributed by atoms with Crippen molar-refractivity contribution in [3.05, 3.63) is 53.8 Å². The van der Waals surface area contributed by atoms with Gasteiger partial charge in [-0.2, -0.15) is 5.26 Å². The second kappa shape index (κ2) is 4.94. The highest BCUT2D eigenvalue weighted by Gasteiger charge is 2.10. The summed E-state index contributed by atoms with van der Waals surface area (Å²) < 4.78 is 5.46. The van der Waals surface area contributed by atoms with E-state index >= 15 is 0 Å². The number of fused-ring (bicyclic) bond motifs is 1. The molecule has 0 fully saturated rings. The largest absolute Gasteiger partial charge is 0.463 e. The average molecular weight is 260 g/mol. The van der Waals surface area contributed by atoms with Crippen molar-refractivity contribution in [2.24, 2.45) is 0 Å². The molecule has 0 saturated carbocycles. The predicted molar refractivity (Wildman–Crippen MR) is 69.6 cm³/mol. The lowest BCUT2D eigenvalue weighted by Crippen LogP contribution is -1.88. The average Bonchev–Trinajstić information content (AvgIpc) is 2.99. The number of para-hydroxylation sites is 1. The summed E-state index contributed by atoms with van der Waals surface area (Å²) in [4.78, 5) is 7.23. The normalized spacial score (nSPS) is 9.94. The first kappa shape index (κ1) is 12.2. The van der Waals surface area contributed by atoms with Crippen molar-refractivity contribution < 1.29 is 4.42 Å². The SMILES string of the molecule is Cl.N#Cc1cccc2c(Cc3ncc[nH]3)coc12. The molecule has 0 spiro atoms. The Kier molecular flexibility index (Phi) is 3.35. The maximum absolute atomic E-state index is 8.97. The van der Waals surface area contributed by atoms with Gasteiger partial charge in [0.25, 0.3) is 0 Å². The van der Waals surface area contributed by atoms with Crippen molar-refractivity contribution in [1.82, 2.24) is 9.97 Å². The summed E-state index contributed by atoms with van der Waals surface area (Å²) in [5.41, 5.74) is 2.25. The Morgan fingerprint density at radius 3 is 3.00 bits per heavy atom. The second-order valence-electron chi connectivity index (χ2n) is 3.77. The zero-order valence-corrected chi connectivity index (χ0v) is 10.2. The molecule has 0 radical (unpaired) electrons. The molecule has 5 heteroatoms. The van der Waals surface area contributed by atoms with Gasteiger partial charge >= 0.3 is 0 Å². The minimum absolute atomic E-state index is 0. The highest BCUT2D eigenvalue weighted by molar-refractivity contribution is 5.86. The maximum atomic E-state index is 8.97. The molecule has 0 aliphatic rings. The van der Waals surface area contributed by atoms with Crippen LogP contribution in [0, 0.1) is 11.3 Å². The van der Waals surface area contributed by atoms with Crippen molar-refractivity contribution in [3.8, 4) is 6.07 Å². The fraction of sp³-hybridized carbons (Fsp3) is 0.0769. The lowest BCUT2D eigenvalue weighted by molar-refractivity contribution is 0.610. The van der Waals surface area contributed by atoms with Gasteiger partial charge in [-0.05, 0) is 6.07 Å². The molecular formula is C13H10ClN3O. The Balaban J connectivity index is 0.00000120. The lowest BCUT2D eigenvalue weighted by atomic mass is 10.1. The fourth-order valence-corrected chi connectivity index (χ4v) is 1.91. The van der Waals surface area contributed by atoms with Crippen LogP contribution in [0.15, 0.2) is 41.3 Å². The molecule has 0 atom stereocenters. The van der Waals surface area contributed by atoms with Crippen LogP contribution in [0.2, 0.25) is 0 Å². The van der Waals surface area contributed by atoms with E-state index in [0.29, 0.717) is 17.6 Å². The molecule has 1 N–H and O–H groups in total. The van der Waals surface area contributed by atoms with Crippen molar-refractivity contribution in [3.63, 3.8) is 0 Å². The molecule has 90 valence electrons. The molecule has 3 rings (SSSR count). The molecule has 18 heavy (non-hydrogen) atoms. The number of furan rings is 1. The summed E-state index contributed by atoms with van der Waals surface area (Å²) in [6, 6.07) is 7.70. The summed E-state index contributed by atoms with van der Waals surface area (Å²) in [6.07, 6.45) is 5.87. The first-order valence-corrected chi connectivity index (χ1v) is 5.26. The number of benzene rings is 1. The van der Waals surface area contributed by atoms with E-state index < -0.39 is 0 Å². The fourth-order valence-electron chi connectivity index (χ4n) is 1.91. The van der Waals surface area contributed by atoms with Crippen LogP contribution in [0.3, 0.4) is 0 Å². The summed E-state index contributed by atoms with van der Waals surface area (Å²) in [7, 11) is 0. The molecule has 0 aliphatic carbocycles. The van der Waals surface area contributed by atoms with E-state index in [2.05, 4.69) is 16.0 Å². The highest BCUT2D eigenvalue weighted by Crippen LogP contribution is 2.25. The van der Waals surface area contributed by atoms with Gasteiger partial charge in [-0.1, -0.05) is 12.1 Å². The van der Waals surface area contributed by atoms with Crippen LogP contribution in [0.5, 0.6) is 0 Å². The summed E-state index contributed by atoms with van der Waals surface area (Å²) >= 11 is 0. The van der Waals surface area contributed by atoms with Crippen LogP contribution in [0.1, 0.15) is 17.0 Å². The number of hydrogen-bond acceptors (Lipinski definition) is 3.